The van der Waals surface area contributed by atoms with Crippen LogP contribution >= 0.6 is 8.25 Å². The van der Waals surface area contributed by atoms with E-state index in [2.05, 4.69) is 8.49 Å². The van der Waals surface area contributed by atoms with Gasteiger partial charge in [0, 0.05) is 8.54 Å². The number of ether oxygens (including phenoxy) is 1. The Morgan fingerprint density at radius 1 is 1.29 bits per heavy atom. The van der Waals surface area contributed by atoms with Gasteiger partial charge in [-0.25, -0.2) is 0 Å². The molecule has 0 amide bonds. The van der Waals surface area contributed by atoms with E-state index in [1.165, 1.54) is 6.92 Å². The van der Waals surface area contributed by atoms with Gasteiger partial charge in [0.2, 0.25) is 0 Å². The minimum atomic E-state index is -4.99. The van der Waals surface area contributed by atoms with Crippen LogP contribution in [0.4, 0.5) is 13.2 Å². The summed E-state index contributed by atoms with van der Waals surface area (Å²) >= 11 is 0. The lowest BCUT2D eigenvalue weighted by Crippen LogP contribution is -2.15. The molecule has 1 aromatic rings. The highest BCUT2D eigenvalue weighted by atomic mass is 32.2. The van der Waals surface area contributed by atoms with Crippen LogP contribution in [0.5, 0.6) is 5.75 Å². The maximum Gasteiger partial charge on any atom is 0.714 e. The number of alkyl halides is 3. The summed E-state index contributed by atoms with van der Waals surface area (Å²) in [6, 6.07) is 2.58. The first-order chi connectivity index (χ1) is 9.63. The van der Waals surface area contributed by atoms with Crippen LogP contribution in [-0.2, 0) is 29.4 Å². The van der Waals surface area contributed by atoms with Gasteiger partial charge < -0.3 is 4.74 Å². The van der Waals surface area contributed by atoms with Gasteiger partial charge in [-0.3, -0.25) is 0 Å². The second-order valence-corrected chi connectivity index (χ2v) is 6.22. The van der Waals surface area contributed by atoms with Gasteiger partial charge in [0.15, 0.2) is 4.90 Å². The molecule has 1 aromatic carbocycles. The van der Waals surface area contributed by atoms with Gasteiger partial charge in [-0.05, 0) is 19.1 Å². The van der Waals surface area contributed by atoms with Gasteiger partial charge >= 0.3 is 24.5 Å². The van der Waals surface area contributed by atoms with Gasteiger partial charge in [0.25, 0.3) is 0 Å². The average molecular weight is 347 g/mol. The van der Waals surface area contributed by atoms with Crippen molar-refractivity contribution in [3.63, 3.8) is 0 Å². The fourth-order valence-corrected chi connectivity index (χ4v) is 3.42. The van der Waals surface area contributed by atoms with E-state index in [9.17, 15) is 26.2 Å². The van der Waals surface area contributed by atoms with Crippen LogP contribution in [0.15, 0.2) is 23.1 Å². The first-order valence-corrected chi connectivity index (χ1v) is 7.92. The molecular formula is C10H11F3O6PS+. The lowest BCUT2D eigenvalue weighted by molar-refractivity contribution is -0.140. The quantitative estimate of drug-likeness (QED) is 0.736. The molecule has 0 aliphatic heterocycles. The number of benzene rings is 1. The van der Waals surface area contributed by atoms with Crippen molar-refractivity contribution < 1.29 is 39.4 Å². The molecule has 11 heteroatoms. The lowest BCUT2D eigenvalue weighted by Gasteiger charge is -2.14. The second-order valence-electron chi connectivity index (χ2n) is 3.50. The topological polar surface area (TPSA) is 78.9 Å². The Morgan fingerprint density at radius 2 is 1.90 bits per heavy atom. The smallest absolute Gasteiger partial charge is 0.492 e. The van der Waals surface area contributed by atoms with Gasteiger partial charge in [0.1, 0.15) is 5.75 Å². The zero-order chi connectivity index (χ0) is 16.3. The third-order valence-electron chi connectivity index (χ3n) is 2.14. The maximum absolute atomic E-state index is 12.9. The molecule has 0 heterocycles. The molecule has 6 nitrogen and oxygen atoms in total. The summed E-state index contributed by atoms with van der Waals surface area (Å²) in [6.45, 7) is 1.40. The molecule has 1 unspecified atom stereocenters. The molecule has 0 saturated heterocycles. The monoisotopic (exact) mass is 347 g/mol. The first-order valence-electron chi connectivity index (χ1n) is 5.42. The van der Waals surface area contributed by atoms with E-state index in [4.69, 9.17) is 4.74 Å². The van der Waals surface area contributed by atoms with E-state index in [0.29, 0.717) is 6.07 Å². The summed E-state index contributed by atoms with van der Waals surface area (Å²) < 4.78 is 86.7. The fraction of sp³-hybridized carbons (Fsp3) is 0.400. The van der Waals surface area contributed by atoms with Crippen molar-refractivity contribution in [2.75, 3.05) is 13.7 Å². The van der Waals surface area contributed by atoms with Gasteiger partial charge in [0.05, 0.1) is 19.3 Å². The van der Waals surface area contributed by atoms with E-state index in [0.717, 1.165) is 19.2 Å². The first kappa shape index (κ1) is 17.8. The zero-order valence-corrected chi connectivity index (χ0v) is 12.6. The molecule has 0 N–H and O–H groups in total. The van der Waals surface area contributed by atoms with Gasteiger partial charge in [-0.1, -0.05) is 6.07 Å². The summed E-state index contributed by atoms with van der Waals surface area (Å²) in [5.41, 5.74) is -1.48. The SMILES string of the molecule is CCOc1cccc(C(F)(F)F)c1S(=O)(=O)O[P+](=O)OC. The standard InChI is InChI=1S/C10H11F3O6PS/c1-3-18-8-6-4-5-7(10(11,12)13)9(8)21(15,16)19-20(14)17-2/h4-6H,3H2,1-2H3/q+1. The molecule has 1 rings (SSSR count). The minimum Gasteiger partial charge on any atom is -0.492 e. The average Bonchev–Trinajstić information content (AvgIpc) is 2.37. The molecule has 118 valence electrons. The number of hydrogen-bond acceptors (Lipinski definition) is 6. The Balaban J connectivity index is 3.53. The van der Waals surface area contributed by atoms with Crippen LogP contribution in [-0.4, -0.2) is 22.1 Å². The Hall–Kier alpha value is -1.22. The van der Waals surface area contributed by atoms with Gasteiger partial charge in [-0.2, -0.15) is 21.6 Å². The molecule has 0 aliphatic rings. The lowest BCUT2D eigenvalue weighted by atomic mass is 10.2. The zero-order valence-electron chi connectivity index (χ0n) is 10.9. The van der Waals surface area contributed by atoms with Gasteiger partial charge in [-0.15, -0.1) is 4.52 Å². The Bertz CT molecular complexity index is 628. The van der Waals surface area contributed by atoms with Crippen LogP contribution in [0.2, 0.25) is 0 Å². The summed E-state index contributed by atoms with van der Waals surface area (Å²) in [7, 11) is -7.23. The number of rotatable bonds is 6. The maximum atomic E-state index is 12.9. The summed E-state index contributed by atoms with van der Waals surface area (Å²) in [4.78, 5) is -1.24. The third kappa shape index (κ3) is 4.37. The van der Waals surface area contributed by atoms with Crippen LogP contribution in [0.25, 0.3) is 0 Å². The number of halogens is 3. The molecule has 0 fully saturated rings. The molecule has 0 bridgehead atoms. The highest BCUT2D eigenvalue weighted by Crippen LogP contribution is 2.41. The fourth-order valence-electron chi connectivity index (χ4n) is 1.41. The van der Waals surface area contributed by atoms with Crippen molar-refractivity contribution in [3.8, 4) is 5.75 Å². The van der Waals surface area contributed by atoms with Crippen LogP contribution in [0.1, 0.15) is 12.5 Å². The Morgan fingerprint density at radius 3 is 2.38 bits per heavy atom. The molecule has 21 heavy (non-hydrogen) atoms. The van der Waals surface area contributed by atoms with Crippen LogP contribution < -0.4 is 4.74 Å². The molecule has 0 spiro atoms. The van der Waals surface area contributed by atoms with E-state index >= 15 is 0 Å². The Labute approximate surface area is 119 Å². The summed E-state index contributed by atoms with van der Waals surface area (Å²) in [5, 5.41) is 0. The minimum absolute atomic E-state index is 0.0692. The molecule has 0 radical (unpaired) electrons. The van der Waals surface area contributed by atoms with E-state index in [1.807, 2.05) is 0 Å². The van der Waals surface area contributed by atoms with E-state index in [1.54, 1.807) is 0 Å². The predicted octanol–water partition coefficient (Wildman–Crippen LogP) is 3.11. The highest BCUT2D eigenvalue weighted by molar-refractivity contribution is 7.89. The summed E-state index contributed by atoms with van der Waals surface area (Å²) in [5.74, 6) is -0.549. The molecule has 0 aromatic heterocycles. The normalized spacial score (nSPS) is 13.1. The molecule has 1 atom stereocenters. The van der Waals surface area contributed by atoms with E-state index in [-0.39, 0.29) is 6.61 Å². The largest absolute Gasteiger partial charge is 0.714 e. The van der Waals surface area contributed by atoms with Crippen LogP contribution in [0, 0.1) is 0 Å². The van der Waals surface area contributed by atoms with Crippen molar-refractivity contribution >= 4 is 18.4 Å². The van der Waals surface area contributed by atoms with Crippen molar-refractivity contribution in [3.05, 3.63) is 23.8 Å². The van der Waals surface area contributed by atoms with Crippen molar-refractivity contribution in [1.82, 2.24) is 0 Å². The number of hydrogen-bond donors (Lipinski definition) is 0. The molecular weight excluding hydrogens is 336 g/mol. The Kier molecular flexibility index (Phi) is 5.68. The highest BCUT2D eigenvalue weighted by Gasteiger charge is 2.43. The summed E-state index contributed by atoms with van der Waals surface area (Å²) in [6.07, 6.45) is -4.96. The molecule has 0 saturated carbocycles. The van der Waals surface area contributed by atoms with Crippen molar-refractivity contribution in [2.45, 2.75) is 18.0 Å². The van der Waals surface area contributed by atoms with E-state index < -0.39 is 40.8 Å². The third-order valence-corrected chi connectivity index (χ3v) is 4.63. The van der Waals surface area contributed by atoms with Crippen LogP contribution in [0.3, 0.4) is 0 Å². The molecule has 0 aliphatic carbocycles. The van der Waals surface area contributed by atoms with Crippen molar-refractivity contribution in [1.29, 1.82) is 0 Å². The van der Waals surface area contributed by atoms with Crippen molar-refractivity contribution in [2.24, 2.45) is 0 Å². The second kappa shape index (κ2) is 6.69. The predicted molar refractivity (Wildman–Crippen MR) is 65.5 cm³/mol.